The summed E-state index contributed by atoms with van der Waals surface area (Å²) >= 11 is 0. The van der Waals surface area contributed by atoms with Gasteiger partial charge in [0.25, 0.3) is 0 Å². The number of aliphatic hydroxyl groups excluding tert-OH is 1. The lowest BCUT2D eigenvalue weighted by molar-refractivity contribution is 0.0179. The number of terminal acetylenes is 1. The van der Waals surface area contributed by atoms with Crippen molar-refractivity contribution in [3.8, 4) is 18.1 Å². The lowest BCUT2D eigenvalue weighted by atomic mass is 9.59. The van der Waals surface area contributed by atoms with Crippen molar-refractivity contribution in [2.45, 2.75) is 51.0 Å². The molecule has 1 aromatic rings. The number of rotatable bonds is 1. The average Bonchev–Trinajstić information content (AvgIpc) is 2.45. The highest BCUT2D eigenvalue weighted by Gasteiger charge is 2.43. The number of aliphatic hydroxyl groups is 1. The molecule has 1 aromatic carbocycles. The number of benzene rings is 1. The van der Waals surface area contributed by atoms with Crippen LogP contribution in [0.15, 0.2) is 18.2 Å². The van der Waals surface area contributed by atoms with E-state index in [1.807, 2.05) is 6.07 Å². The largest absolute Gasteiger partial charge is 0.508 e. The fourth-order valence-corrected chi connectivity index (χ4v) is 4.24. The Hall–Kier alpha value is -1.46. The standard InChI is InChI=1S/C18H22O2/c1-3-17(20)18(2)9-8-16-13(11-18)5-4-12-10-14(19)6-7-15(12)16/h1,6-7,10,13,16-17,19-20H,4-5,8-9,11H2,2H3/t13-,16-,17-,18-/m0/s1/i1+1,3+1. The van der Waals surface area contributed by atoms with Crippen LogP contribution in [0.1, 0.15) is 49.7 Å². The van der Waals surface area contributed by atoms with E-state index >= 15 is 0 Å². The summed E-state index contributed by atoms with van der Waals surface area (Å²) in [6.07, 6.45) is 10.00. The molecule has 4 atom stereocenters. The van der Waals surface area contributed by atoms with E-state index in [-0.39, 0.29) is 5.41 Å². The predicted molar refractivity (Wildman–Crippen MR) is 79.5 cm³/mol. The molecule has 1 saturated carbocycles. The van der Waals surface area contributed by atoms with Gasteiger partial charge in [-0.15, -0.1) is 6.42 Å². The van der Waals surface area contributed by atoms with E-state index in [9.17, 15) is 10.2 Å². The third kappa shape index (κ3) is 2.11. The van der Waals surface area contributed by atoms with Gasteiger partial charge in [0, 0.05) is 5.41 Å². The molecule has 0 unspecified atom stereocenters. The van der Waals surface area contributed by atoms with Crippen LogP contribution in [-0.2, 0) is 6.42 Å². The molecule has 2 nitrogen and oxygen atoms in total. The fourth-order valence-electron chi connectivity index (χ4n) is 4.24. The Kier molecular flexibility index (Phi) is 3.26. The maximum absolute atomic E-state index is 10.1. The second kappa shape index (κ2) is 4.82. The molecule has 2 N–H and O–H groups in total. The van der Waals surface area contributed by atoms with Crippen molar-refractivity contribution < 1.29 is 10.2 Å². The van der Waals surface area contributed by atoms with Crippen LogP contribution in [0.4, 0.5) is 0 Å². The number of hydrogen-bond donors (Lipinski definition) is 2. The molecule has 0 radical (unpaired) electrons. The van der Waals surface area contributed by atoms with Crippen molar-refractivity contribution >= 4 is 0 Å². The summed E-state index contributed by atoms with van der Waals surface area (Å²) in [6.45, 7) is 2.13. The minimum Gasteiger partial charge on any atom is -0.508 e. The Morgan fingerprint density at radius 3 is 2.95 bits per heavy atom. The molecule has 1 fully saturated rings. The fraction of sp³-hybridized carbons (Fsp3) is 0.556. The highest BCUT2D eigenvalue weighted by molar-refractivity contribution is 5.39. The molecule has 0 spiro atoms. The molecule has 20 heavy (non-hydrogen) atoms. The average molecular weight is 272 g/mol. The summed E-state index contributed by atoms with van der Waals surface area (Å²) < 4.78 is 0. The summed E-state index contributed by atoms with van der Waals surface area (Å²) in [7, 11) is 0. The monoisotopic (exact) mass is 272 g/mol. The van der Waals surface area contributed by atoms with Crippen LogP contribution < -0.4 is 0 Å². The summed E-state index contributed by atoms with van der Waals surface area (Å²) in [6, 6.07) is 5.79. The van der Waals surface area contributed by atoms with Gasteiger partial charge in [0.15, 0.2) is 0 Å². The van der Waals surface area contributed by atoms with E-state index in [2.05, 4.69) is 18.9 Å². The number of phenolic OH excluding ortho intramolecular Hbond substituents is 1. The second-order valence-corrected chi connectivity index (χ2v) is 6.75. The zero-order valence-corrected chi connectivity index (χ0v) is 12.0. The Morgan fingerprint density at radius 2 is 2.20 bits per heavy atom. The maximum atomic E-state index is 10.1. The van der Waals surface area contributed by atoms with E-state index in [1.165, 1.54) is 11.1 Å². The van der Waals surface area contributed by atoms with Crippen LogP contribution in [0.25, 0.3) is 0 Å². The van der Waals surface area contributed by atoms with Crippen LogP contribution in [-0.4, -0.2) is 16.3 Å². The highest BCUT2D eigenvalue weighted by Crippen LogP contribution is 2.52. The second-order valence-electron chi connectivity index (χ2n) is 6.75. The molecule has 0 aliphatic heterocycles. The molecular weight excluding hydrogens is 250 g/mol. The van der Waals surface area contributed by atoms with E-state index in [4.69, 9.17) is 6.42 Å². The van der Waals surface area contributed by atoms with Crippen LogP contribution in [0.3, 0.4) is 0 Å². The molecule has 2 aliphatic rings. The van der Waals surface area contributed by atoms with Crippen molar-refractivity contribution in [3.63, 3.8) is 0 Å². The van der Waals surface area contributed by atoms with Crippen molar-refractivity contribution in [1.29, 1.82) is 0 Å². The zero-order valence-electron chi connectivity index (χ0n) is 12.0. The van der Waals surface area contributed by atoms with Gasteiger partial charge in [-0.3, -0.25) is 0 Å². The van der Waals surface area contributed by atoms with Gasteiger partial charge < -0.3 is 10.2 Å². The van der Waals surface area contributed by atoms with E-state index in [0.29, 0.717) is 17.6 Å². The lowest BCUT2D eigenvalue weighted by Crippen LogP contribution is -2.40. The number of fused-ring (bicyclic) bond motifs is 3. The topological polar surface area (TPSA) is 40.5 Å². The van der Waals surface area contributed by atoms with Gasteiger partial charge in [-0.05, 0) is 67.2 Å². The SMILES string of the molecule is C[C@]1([C@@H](O)[13C]#[13CH])CC[C@@H]2c3ccc(O)cc3CC[C@H]2C1. The minimum absolute atomic E-state index is 0.135. The first-order valence-corrected chi connectivity index (χ1v) is 7.49. The molecular formula is C18H22O2. The van der Waals surface area contributed by atoms with Crippen molar-refractivity contribution in [3.05, 3.63) is 29.3 Å². The number of aromatic hydroxyl groups is 1. The van der Waals surface area contributed by atoms with E-state index < -0.39 is 6.10 Å². The van der Waals surface area contributed by atoms with Crippen LogP contribution >= 0.6 is 0 Å². The lowest BCUT2D eigenvalue weighted by Gasteiger charge is -2.46. The van der Waals surface area contributed by atoms with Crippen LogP contribution in [0.2, 0.25) is 0 Å². The van der Waals surface area contributed by atoms with Gasteiger partial charge in [-0.1, -0.05) is 18.9 Å². The van der Waals surface area contributed by atoms with Crippen molar-refractivity contribution in [2.24, 2.45) is 11.3 Å². The number of hydrogen-bond acceptors (Lipinski definition) is 2. The van der Waals surface area contributed by atoms with Gasteiger partial charge >= 0.3 is 0 Å². The van der Waals surface area contributed by atoms with Gasteiger partial charge in [0.1, 0.15) is 11.9 Å². The quantitative estimate of drug-likeness (QED) is 0.608. The molecule has 2 aliphatic carbocycles. The molecule has 2 heteroatoms. The summed E-state index contributed by atoms with van der Waals surface area (Å²) in [4.78, 5) is 0. The molecule has 0 saturated heterocycles. The van der Waals surface area contributed by atoms with Gasteiger partial charge in [-0.25, -0.2) is 0 Å². The van der Waals surface area contributed by atoms with Crippen LogP contribution in [0, 0.1) is 23.7 Å². The van der Waals surface area contributed by atoms with E-state index in [1.54, 1.807) is 6.07 Å². The summed E-state index contributed by atoms with van der Waals surface area (Å²) in [5.41, 5.74) is 2.56. The van der Waals surface area contributed by atoms with Crippen molar-refractivity contribution in [2.75, 3.05) is 0 Å². The Balaban J connectivity index is 1.86. The summed E-state index contributed by atoms with van der Waals surface area (Å²) in [5.74, 6) is 4.06. The van der Waals surface area contributed by atoms with Crippen LogP contribution in [0.5, 0.6) is 5.75 Å². The first-order chi connectivity index (χ1) is 9.53. The Bertz CT molecular complexity index is 557. The first-order valence-electron chi connectivity index (χ1n) is 7.49. The van der Waals surface area contributed by atoms with E-state index in [0.717, 1.165) is 32.1 Å². The molecule has 0 heterocycles. The number of phenols is 1. The third-order valence-electron chi connectivity index (χ3n) is 5.45. The summed E-state index contributed by atoms with van der Waals surface area (Å²) in [5, 5.41) is 19.7. The van der Waals surface area contributed by atoms with Gasteiger partial charge in [0.05, 0.1) is 0 Å². The predicted octanol–water partition coefficient (Wildman–Crippen LogP) is 3.22. The maximum Gasteiger partial charge on any atom is 0.119 e. The third-order valence-corrected chi connectivity index (χ3v) is 5.45. The normalized spacial score (nSPS) is 33.6. The van der Waals surface area contributed by atoms with Gasteiger partial charge in [0.2, 0.25) is 0 Å². The minimum atomic E-state index is -0.635. The molecule has 106 valence electrons. The van der Waals surface area contributed by atoms with Gasteiger partial charge in [-0.2, -0.15) is 0 Å². The number of aryl methyl sites for hydroxylation is 1. The highest BCUT2D eigenvalue weighted by atomic mass is 16.3. The Morgan fingerprint density at radius 1 is 1.40 bits per heavy atom. The van der Waals surface area contributed by atoms with Crippen molar-refractivity contribution in [1.82, 2.24) is 0 Å². The Labute approximate surface area is 120 Å². The smallest absolute Gasteiger partial charge is 0.119 e. The molecule has 3 rings (SSSR count). The molecule has 0 aromatic heterocycles. The zero-order chi connectivity index (χ0) is 14.3. The molecule has 0 amide bonds. The molecule has 0 bridgehead atoms. The first kappa shape index (κ1) is 13.5.